The highest BCUT2D eigenvalue weighted by Crippen LogP contribution is 2.31. The molecule has 1 aliphatic rings. The summed E-state index contributed by atoms with van der Waals surface area (Å²) in [5.41, 5.74) is 4.38. The van der Waals surface area contributed by atoms with E-state index in [4.69, 9.17) is 23.7 Å². The van der Waals surface area contributed by atoms with E-state index in [0.717, 1.165) is 22.3 Å². The lowest BCUT2D eigenvalue weighted by Crippen LogP contribution is -2.60. The Balaban J connectivity index is 1.41. The molecule has 0 aliphatic carbocycles. The smallest absolute Gasteiger partial charge is 0.116 e. The summed E-state index contributed by atoms with van der Waals surface area (Å²) in [4.78, 5) is 0. The van der Waals surface area contributed by atoms with Crippen molar-refractivity contribution < 1.29 is 23.7 Å². The standard InChI is InChI=1S/C37H40O5/c1-2-15-33-35(39-25-30-18-9-4-10-19-30)37(41-27-32-22-13-6-14-23-32)36(40-26-31-20-11-5-12-21-31)34(42-33)28-38-24-29-16-7-3-8-17-29/h2-23,33-37H,24-28H2,1H3/b15-2-/t33-,34?,35?,36-,37+/m0/s1. The minimum absolute atomic E-state index is 0.332. The fraction of sp³-hybridized carbons (Fsp3) is 0.297. The minimum atomic E-state index is -0.424. The molecule has 0 spiro atoms. The lowest BCUT2D eigenvalue weighted by Gasteiger charge is -2.45. The van der Waals surface area contributed by atoms with E-state index < -0.39 is 18.3 Å². The van der Waals surface area contributed by atoms with Gasteiger partial charge in [-0.3, -0.25) is 0 Å². The van der Waals surface area contributed by atoms with E-state index in [-0.39, 0.29) is 12.2 Å². The molecule has 5 heteroatoms. The molecular weight excluding hydrogens is 524 g/mol. The fourth-order valence-corrected chi connectivity index (χ4v) is 5.17. The molecule has 1 heterocycles. The molecule has 1 saturated heterocycles. The van der Waals surface area contributed by atoms with Crippen LogP contribution < -0.4 is 0 Å². The molecule has 4 aromatic rings. The summed E-state index contributed by atoms with van der Waals surface area (Å²) in [5, 5.41) is 0. The zero-order chi connectivity index (χ0) is 28.8. The van der Waals surface area contributed by atoms with Gasteiger partial charge in [-0.1, -0.05) is 133 Å². The van der Waals surface area contributed by atoms with E-state index in [1.165, 1.54) is 0 Å². The van der Waals surface area contributed by atoms with Crippen LogP contribution in [0, 0.1) is 0 Å². The summed E-state index contributed by atoms with van der Waals surface area (Å²) in [6, 6.07) is 40.8. The van der Waals surface area contributed by atoms with Crippen molar-refractivity contribution in [3.8, 4) is 0 Å². The average Bonchev–Trinajstić information content (AvgIpc) is 3.05. The molecule has 0 radical (unpaired) electrons. The first-order valence-electron chi connectivity index (χ1n) is 14.7. The van der Waals surface area contributed by atoms with Gasteiger partial charge in [-0.15, -0.1) is 0 Å². The third kappa shape index (κ3) is 8.71. The molecule has 4 aromatic carbocycles. The molecule has 1 fully saturated rings. The van der Waals surface area contributed by atoms with E-state index in [2.05, 4.69) is 48.5 Å². The Bertz CT molecular complexity index is 1310. The molecule has 5 nitrogen and oxygen atoms in total. The van der Waals surface area contributed by atoms with Crippen LogP contribution in [0.2, 0.25) is 0 Å². The lowest BCUT2D eigenvalue weighted by molar-refractivity contribution is -0.263. The van der Waals surface area contributed by atoms with Crippen LogP contribution in [0.4, 0.5) is 0 Å². The van der Waals surface area contributed by atoms with Crippen molar-refractivity contribution in [2.45, 2.75) is 63.9 Å². The van der Waals surface area contributed by atoms with Gasteiger partial charge in [0.15, 0.2) is 0 Å². The van der Waals surface area contributed by atoms with Gasteiger partial charge in [0, 0.05) is 0 Å². The maximum atomic E-state index is 6.72. The molecule has 5 atom stereocenters. The Morgan fingerprint density at radius 1 is 0.524 bits per heavy atom. The Morgan fingerprint density at radius 3 is 1.38 bits per heavy atom. The van der Waals surface area contributed by atoms with Crippen LogP contribution in [0.15, 0.2) is 133 Å². The second-order valence-electron chi connectivity index (χ2n) is 10.4. The third-order valence-corrected chi connectivity index (χ3v) is 7.30. The summed E-state index contributed by atoms with van der Waals surface area (Å²) in [7, 11) is 0. The van der Waals surface area contributed by atoms with Crippen LogP contribution in [0.5, 0.6) is 0 Å². The van der Waals surface area contributed by atoms with Crippen LogP contribution in [0.25, 0.3) is 0 Å². The van der Waals surface area contributed by atoms with Gasteiger partial charge in [0.25, 0.3) is 0 Å². The molecule has 218 valence electrons. The van der Waals surface area contributed by atoms with Crippen molar-refractivity contribution in [3.05, 3.63) is 156 Å². The number of ether oxygens (including phenoxy) is 5. The highest BCUT2D eigenvalue weighted by molar-refractivity contribution is 5.17. The lowest BCUT2D eigenvalue weighted by atomic mass is 9.93. The van der Waals surface area contributed by atoms with Gasteiger partial charge in [0.2, 0.25) is 0 Å². The first kappa shape index (κ1) is 29.9. The highest BCUT2D eigenvalue weighted by atomic mass is 16.6. The van der Waals surface area contributed by atoms with Crippen LogP contribution in [-0.2, 0) is 50.1 Å². The summed E-state index contributed by atoms with van der Waals surface area (Å²) in [6.45, 7) is 4.14. The van der Waals surface area contributed by atoms with E-state index in [0.29, 0.717) is 33.0 Å². The van der Waals surface area contributed by atoms with Crippen LogP contribution in [0.1, 0.15) is 29.2 Å². The van der Waals surface area contributed by atoms with Crippen LogP contribution >= 0.6 is 0 Å². The van der Waals surface area contributed by atoms with Gasteiger partial charge in [0.1, 0.15) is 30.5 Å². The van der Waals surface area contributed by atoms with Gasteiger partial charge < -0.3 is 23.7 Å². The van der Waals surface area contributed by atoms with Crippen molar-refractivity contribution in [1.82, 2.24) is 0 Å². The number of allylic oxidation sites excluding steroid dienone is 1. The van der Waals surface area contributed by atoms with Gasteiger partial charge in [-0.05, 0) is 29.2 Å². The number of benzene rings is 4. The summed E-state index contributed by atoms with van der Waals surface area (Å²) in [6.07, 6.45) is 2.13. The Kier molecular flexibility index (Phi) is 11.5. The molecule has 5 rings (SSSR count). The minimum Gasteiger partial charge on any atom is -0.374 e. The second kappa shape index (κ2) is 16.2. The Labute approximate surface area is 249 Å². The predicted molar refractivity (Wildman–Crippen MR) is 165 cm³/mol. The number of hydrogen-bond acceptors (Lipinski definition) is 5. The average molecular weight is 565 g/mol. The monoisotopic (exact) mass is 564 g/mol. The topological polar surface area (TPSA) is 46.2 Å². The Morgan fingerprint density at radius 2 is 0.929 bits per heavy atom. The molecule has 0 amide bonds. The molecule has 0 aromatic heterocycles. The molecule has 1 aliphatic heterocycles. The summed E-state index contributed by atoms with van der Waals surface area (Å²) in [5.74, 6) is 0. The first-order valence-corrected chi connectivity index (χ1v) is 14.7. The van der Waals surface area contributed by atoms with Crippen molar-refractivity contribution in [2.75, 3.05) is 6.61 Å². The van der Waals surface area contributed by atoms with E-state index in [9.17, 15) is 0 Å². The first-order chi connectivity index (χ1) is 20.8. The largest absolute Gasteiger partial charge is 0.374 e. The highest BCUT2D eigenvalue weighted by Gasteiger charge is 2.47. The predicted octanol–water partition coefficient (Wildman–Crippen LogP) is 7.30. The molecule has 2 unspecified atom stereocenters. The zero-order valence-corrected chi connectivity index (χ0v) is 24.2. The van der Waals surface area contributed by atoms with E-state index in [1.807, 2.05) is 91.9 Å². The van der Waals surface area contributed by atoms with Gasteiger partial charge in [-0.2, -0.15) is 0 Å². The van der Waals surface area contributed by atoms with Crippen molar-refractivity contribution >= 4 is 0 Å². The fourth-order valence-electron chi connectivity index (χ4n) is 5.17. The summed E-state index contributed by atoms with van der Waals surface area (Å²) < 4.78 is 32.9. The van der Waals surface area contributed by atoms with E-state index >= 15 is 0 Å². The van der Waals surface area contributed by atoms with Crippen LogP contribution in [-0.4, -0.2) is 37.1 Å². The second-order valence-corrected chi connectivity index (χ2v) is 10.4. The number of rotatable bonds is 14. The van der Waals surface area contributed by atoms with Gasteiger partial charge >= 0.3 is 0 Å². The van der Waals surface area contributed by atoms with Crippen molar-refractivity contribution in [1.29, 1.82) is 0 Å². The van der Waals surface area contributed by atoms with Gasteiger partial charge in [0.05, 0.1) is 33.0 Å². The van der Waals surface area contributed by atoms with E-state index in [1.54, 1.807) is 0 Å². The van der Waals surface area contributed by atoms with Gasteiger partial charge in [-0.25, -0.2) is 0 Å². The molecule has 0 bridgehead atoms. The zero-order valence-electron chi connectivity index (χ0n) is 24.2. The quantitative estimate of drug-likeness (QED) is 0.150. The normalized spacial score (nSPS) is 22.4. The molecule has 0 saturated carbocycles. The third-order valence-electron chi connectivity index (χ3n) is 7.30. The maximum Gasteiger partial charge on any atom is 0.116 e. The SMILES string of the molecule is C/C=C\[C@@H]1OC(COCc2ccccc2)[C@H](OCc2ccccc2)[C@H](OCc2ccccc2)C1OCc1ccccc1. The summed E-state index contributed by atoms with van der Waals surface area (Å²) >= 11 is 0. The molecule has 42 heavy (non-hydrogen) atoms. The maximum absolute atomic E-state index is 6.72. The number of hydrogen-bond donors (Lipinski definition) is 0. The molecule has 0 N–H and O–H groups in total. The Hall–Kier alpha value is -3.58. The molecular formula is C37H40O5. The van der Waals surface area contributed by atoms with Crippen molar-refractivity contribution in [2.24, 2.45) is 0 Å². The van der Waals surface area contributed by atoms with Crippen molar-refractivity contribution in [3.63, 3.8) is 0 Å². The van der Waals surface area contributed by atoms with Crippen LogP contribution in [0.3, 0.4) is 0 Å².